The lowest BCUT2D eigenvalue weighted by atomic mass is 9.92. The van der Waals surface area contributed by atoms with Gasteiger partial charge in [-0.1, -0.05) is 13.8 Å². The van der Waals surface area contributed by atoms with Gasteiger partial charge in [-0.3, -0.25) is 18.7 Å². The summed E-state index contributed by atoms with van der Waals surface area (Å²) in [6, 6.07) is 7.94. The second-order valence-corrected chi connectivity index (χ2v) is 10.6. The van der Waals surface area contributed by atoms with Gasteiger partial charge in [-0.05, 0) is 59.7 Å². The van der Waals surface area contributed by atoms with Crippen molar-refractivity contribution in [1.29, 1.82) is 0 Å². The number of nitrogens with zero attached hydrogens (tertiary/aromatic N) is 5. The standard InChI is InChI=1S/C29H33FN6O2/c1-19-10-20(2)17-35(16-19)9-7-31-29(38)22-4-5-25(30)23(11-22)12-27(37)26-15-32-28-13-21(6-8-36(26)28)24-14-33-34(3)18-24/h4-6,8,11,13-15,18-20H,7,9-10,12,16-17H2,1-3H3,(H,31,38). The van der Waals surface area contributed by atoms with Gasteiger partial charge in [-0.25, -0.2) is 9.37 Å². The van der Waals surface area contributed by atoms with Crippen molar-refractivity contribution < 1.29 is 14.0 Å². The Kier molecular flexibility index (Phi) is 7.37. The number of benzene rings is 1. The number of imidazole rings is 1. The maximum atomic E-state index is 14.6. The Bertz CT molecular complexity index is 1470. The lowest BCUT2D eigenvalue weighted by Crippen LogP contribution is -2.42. The van der Waals surface area contributed by atoms with Gasteiger partial charge in [0.2, 0.25) is 0 Å². The van der Waals surface area contributed by atoms with Crippen molar-refractivity contribution in [3.63, 3.8) is 0 Å². The smallest absolute Gasteiger partial charge is 0.251 e. The molecule has 4 aromatic rings. The summed E-state index contributed by atoms with van der Waals surface area (Å²) in [6.45, 7) is 7.90. The first-order chi connectivity index (χ1) is 18.3. The number of aromatic nitrogens is 4. The number of amides is 1. The molecule has 0 radical (unpaired) electrons. The summed E-state index contributed by atoms with van der Waals surface area (Å²) in [5.41, 5.74) is 3.38. The fraction of sp³-hybridized carbons (Fsp3) is 0.379. The van der Waals surface area contributed by atoms with Gasteiger partial charge < -0.3 is 10.2 Å². The molecular weight excluding hydrogens is 483 g/mol. The number of ketones is 1. The van der Waals surface area contributed by atoms with E-state index in [0.29, 0.717) is 35.3 Å². The summed E-state index contributed by atoms with van der Waals surface area (Å²) in [7, 11) is 1.85. The lowest BCUT2D eigenvalue weighted by Gasteiger charge is -2.34. The Hall–Kier alpha value is -3.85. The van der Waals surface area contributed by atoms with Crippen molar-refractivity contribution in [2.75, 3.05) is 26.2 Å². The van der Waals surface area contributed by atoms with E-state index in [1.54, 1.807) is 21.5 Å². The molecule has 3 aromatic heterocycles. The molecule has 1 aliphatic heterocycles. The van der Waals surface area contributed by atoms with E-state index in [9.17, 15) is 14.0 Å². The number of Topliss-reactive ketones (excluding diaryl/α,β-unsaturated/α-hetero) is 1. The molecule has 1 saturated heterocycles. The molecule has 198 valence electrons. The third-order valence-corrected chi connectivity index (χ3v) is 7.15. The van der Waals surface area contributed by atoms with Crippen LogP contribution in [0.2, 0.25) is 0 Å². The van der Waals surface area contributed by atoms with E-state index >= 15 is 0 Å². The number of carbonyl (C=O) groups excluding carboxylic acids is 2. The van der Waals surface area contributed by atoms with Gasteiger partial charge >= 0.3 is 0 Å². The van der Waals surface area contributed by atoms with Gasteiger partial charge in [0.1, 0.15) is 17.2 Å². The Labute approximate surface area is 221 Å². The Morgan fingerprint density at radius 2 is 1.87 bits per heavy atom. The quantitative estimate of drug-likeness (QED) is 0.358. The van der Waals surface area contributed by atoms with Crippen LogP contribution in [0.25, 0.3) is 16.8 Å². The van der Waals surface area contributed by atoms with Crippen LogP contribution >= 0.6 is 0 Å². The summed E-state index contributed by atoms with van der Waals surface area (Å²) in [6.07, 6.45) is 8.02. The maximum Gasteiger partial charge on any atom is 0.251 e. The molecule has 9 heteroatoms. The fourth-order valence-corrected chi connectivity index (χ4v) is 5.46. The number of nitrogens with one attached hydrogen (secondary N) is 1. The predicted molar refractivity (Wildman–Crippen MR) is 144 cm³/mol. The minimum Gasteiger partial charge on any atom is -0.351 e. The molecule has 4 heterocycles. The van der Waals surface area contributed by atoms with Crippen LogP contribution in [0.3, 0.4) is 0 Å². The Morgan fingerprint density at radius 3 is 2.61 bits per heavy atom. The number of hydrogen-bond donors (Lipinski definition) is 1. The van der Waals surface area contributed by atoms with E-state index < -0.39 is 5.82 Å². The molecule has 0 saturated carbocycles. The number of hydrogen-bond acceptors (Lipinski definition) is 5. The number of halogens is 1. The summed E-state index contributed by atoms with van der Waals surface area (Å²) in [5, 5.41) is 7.13. The molecule has 5 rings (SSSR count). The van der Waals surface area contributed by atoms with Crippen LogP contribution < -0.4 is 5.32 Å². The van der Waals surface area contributed by atoms with Crippen molar-refractivity contribution in [3.8, 4) is 11.1 Å². The monoisotopic (exact) mass is 516 g/mol. The van der Waals surface area contributed by atoms with Crippen molar-refractivity contribution in [2.45, 2.75) is 26.7 Å². The second-order valence-electron chi connectivity index (χ2n) is 10.6. The van der Waals surface area contributed by atoms with Gasteiger partial charge in [-0.15, -0.1) is 0 Å². The molecule has 1 N–H and O–H groups in total. The molecule has 0 spiro atoms. The average molecular weight is 517 g/mol. The topological polar surface area (TPSA) is 84.5 Å². The zero-order valence-corrected chi connectivity index (χ0v) is 22.0. The molecule has 38 heavy (non-hydrogen) atoms. The highest BCUT2D eigenvalue weighted by molar-refractivity contribution is 5.98. The van der Waals surface area contributed by atoms with E-state index in [0.717, 1.165) is 30.8 Å². The molecule has 8 nitrogen and oxygen atoms in total. The first-order valence-corrected chi connectivity index (χ1v) is 13.0. The van der Waals surface area contributed by atoms with Crippen LogP contribution in [0, 0.1) is 17.7 Å². The number of likely N-dealkylation sites (tertiary alicyclic amines) is 1. The van der Waals surface area contributed by atoms with Crippen LogP contribution in [0.5, 0.6) is 0 Å². The number of rotatable bonds is 8. The normalized spacial score (nSPS) is 18.1. The van der Waals surface area contributed by atoms with Crippen LogP contribution in [-0.2, 0) is 13.5 Å². The number of aryl methyl sites for hydroxylation is 1. The van der Waals surface area contributed by atoms with E-state index in [4.69, 9.17) is 0 Å². The molecule has 2 unspecified atom stereocenters. The van der Waals surface area contributed by atoms with Gasteiger partial charge in [-0.2, -0.15) is 5.10 Å². The van der Waals surface area contributed by atoms with Gasteiger partial charge in [0.25, 0.3) is 5.91 Å². The maximum absolute atomic E-state index is 14.6. The average Bonchev–Trinajstić information content (AvgIpc) is 3.50. The van der Waals surface area contributed by atoms with E-state index in [1.807, 2.05) is 25.4 Å². The highest BCUT2D eigenvalue weighted by Gasteiger charge is 2.22. The van der Waals surface area contributed by atoms with E-state index in [1.165, 1.54) is 30.8 Å². The van der Waals surface area contributed by atoms with Crippen LogP contribution in [0.15, 0.2) is 55.1 Å². The number of fused-ring (bicyclic) bond motifs is 1. The number of piperidine rings is 1. The summed E-state index contributed by atoms with van der Waals surface area (Å²) in [5.74, 6) is 0.246. The van der Waals surface area contributed by atoms with E-state index in [-0.39, 0.29) is 23.7 Å². The zero-order chi connectivity index (χ0) is 26.8. The molecular formula is C29H33FN6O2. The minimum absolute atomic E-state index is 0.172. The van der Waals surface area contributed by atoms with Crippen LogP contribution in [0.4, 0.5) is 4.39 Å². The number of carbonyl (C=O) groups is 2. The van der Waals surface area contributed by atoms with Crippen molar-refractivity contribution in [2.24, 2.45) is 18.9 Å². The van der Waals surface area contributed by atoms with Crippen molar-refractivity contribution in [1.82, 2.24) is 29.4 Å². The van der Waals surface area contributed by atoms with Gasteiger partial charge in [0.15, 0.2) is 5.78 Å². The molecule has 1 amide bonds. The molecule has 2 atom stereocenters. The van der Waals surface area contributed by atoms with E-state index in [2.05, 4.69) is 34.1 Å². The molecule has 1 aromatic carbocycles. The van der Waals surface area contributed by atoms with Crippen molar-refractivity contribution >= 4 is 17.3 Å². The highest BCUT2D eigenvalue weighted by Crippen LogP contribution is 2.22. The van der Waals surface area contributed by atoms with Crippen LogP contribution in [-0.4, -0.2) is 61.9 Å². The molecule has 1 fully saturated rings. The van der Waals surface area contributed by atoms with Gasteiger partial charge in [0.05, 0.1) is 12.4 Å². The van der Waals surface area contributed by atoms with Crippen molar-refractivity contribution in [3.05, 3.63) is 77.8 Å². The summed E-state index contributed by atoms with van der Waals surface area (Å²) in [4.78, 5) is 32.7. The number of pyridine rings is 1. The first-order valence-electron chi connectivity index (χ1n) is 13.0. The minimum atomic E-state index is -0.515. The fourth-order valence-electron chi connectivity index (χ4n) is 5.46. The molecule has 0 bridgehead atoms. The summed E-state index contributed by atoms with van der Waals surface area (Å²) < 4.78 is 18.1. The lowest BCUT2D eigenvalue weighted by molar-refractivity contribution is 0.0933. The van der Waals surface area contributed by atoms with Crippen LogP contribution in [0.1, 0.15) is 46.7 Å². The molecule has 0 aliphatic carbocycles. The Morgan fingerprint density at radius 1 is 1.08 bits per heavy atom. The largest absolute Gasteiger partial charge is 0.351 e. The highest BCUT2D eigenvalue weighted by atomic mass is 19.1. The Balaban J connectivity index is 1.24. The van der Waals surface area contributed by atoms with Gasteiger partial charge in [0, 0.05) is 63.2 Å². The third-order valence-electron chi connectivity index (χ3n) is 7.15. The zero-order valence-electron chi connectivity index (χ0n) is 22.0. The first kappa shape index (κ1) is 25.8. The predicted octanol–water partition coefficient (Wildman–Crippen LogP) is 4.01. The second kappa shape index (κ2) is 10.9. The SMILES string of the molecule is CC1CC(C)CN(CCNC(=O)c2ccc(F)c(CC(=O)c3cnc4cc(-c5cnn(C)c5)ccn34)c2)C1. The molecule has 1 aliphatic rings. The third kappa shape index (κ3) is 5.67. The summed E-state index contributed by atoms with van der Waals surface area (Å²) >= 11 is 0.